The molecule has 0 aliphatic carbocycles. The maximum atomic E-state index is 10.6. The van der Waals surface area contributed by atoms with Gasteiger partial charge in [-0.1, -0.05) is 0 Å². The van der Waals surface area contributed by atoms with Crippen LogP contribution >= 0.6 is 0 Å². The topological polar surface area (TPSA) is 116 Å². The summed E-state index contributed by atoms with van der Waals surface area (Å²) >= 11 is 0. The van der Waals surface area contributed by atoms with Crippen LogP contribution in [0.2, 0.25) is 0 Å². The molecule has 1 amide bonds. The summed E-state index contributed by atoms with van der Waals surface area (Å²) in [5.74, 6) is -0.761. The van der Waals surface area contributed by atoms with E-state index in [4.69, 9.17) is 5.73 Å². The summed E-state index contributed by atoms with van der Waals surface area (Å²) in [7, 11) is 0. The Hall–Kier alpha value is -1.79. The Labute approximate surface area is 98.7 Å². The van der Waals surface area contributed by atoms with Crippen LogP contribution in [0.4, 0.5) is 0 Å². The minimum absolute atomic E-state index is 0.0222. The van der Waals surface area contributed by atoms with Crippen LogP contribution in [-0.4, -0.2) is 33.9 Å². The van der Waals surface area contributed by atoms with Crippen molar-refractivity contribution in [2.24, 2.45) is 5.73 Å². The molecule has 94 valence electrons. The molecule has 0 spiro atoms. The van der Waals surface area contributed by atoms with Gasteiger partial charge < -0.3 is 26.4 Å². The summed E-state index contributed by atoms with van der Waals surface area (Å²) in [6.45, 7) is 1.70. The van der Waals surface area contributed by atoms with E-state index in [1.807, 2.05) is 0 Å². The number of phenolic OH excluding ortho intramolecular Hbond substituents is 2. The minimum atomic E-state index is -1.28. The van der Waals surface area contributed by atoms with E-state index in [0.29, 0.717) is 5.56 Å². The number of benzene rings is 1. The Morgan fingerprint density at radius 1 is 1.47 bits per heavy atom. The van der Waals surface area contributed by atoms with Gasteiger partial charge in [0, 0.05) is 18.2 Å². The second kappa shape index (κ2) is 5.51. The van der Waals surface area contributed by atoms with E-state index in [-0.39, 0.29) is 24.1 Å². The van der Waals surface area contributed by atoms with Crippen LogP contribution in [0.3, 0.4) is 0 Å². The normalized spacial score (nSPS) is 14.2. The highest BCUT2D eigenvalue weighted by molar-refractivity contribution is 5.78. The first-order chi connectivity index (χ1) is 7.91. The summed E-state index contributed by atoms with van der Waals surface area (Å²) in [5.41, 5.74) is 5.37. The highest BCUT2D eigenvalue weighted by Gasteiger charge is 2.15. The molecule has 17 heavy (non-hydrogen) atoms. The van der Waals surface area contributed by atoms with Crippen LogP contribution in [0, 0.1) is 0 Å². The highest BCUT2D eigenvalue weighted by Crippen LogP contribution is 2.27. The number of aliphatic hydroxyl groups excluding tert-OH is 1. The van der Waals surface area contributed by atoms with E-state index in [2.05, 4.69) is 5.32 Å². The van der Waals surface area contributed by atoms with Crippen LogP contribution in [0.15, 0.2) is 18.2 Å². The molecule has 1 rings (SSSR count). The Morgan fingerprint density at radius 2 is 2.12 bits per heavy atom. The first-order valence-corrected chi connectivity index (χ1v) is 5.14. The van der Waals surface area contributed by atoms with E-state index in [1.165, 1.54) is 18.2 Å². The van der Waals surface area contributed by atoms with Gasteiger partial charge in [0.05, 0.1) is 0 Å². The monoisotopic (exact) mass is 240 g/mol. The largest absolute Gasteiger partial charge is 0.508 e. The van der Waals surface area contributed by atoms with Gasteiger partial charge in [0.15, 0.2) is 0 Å². The molecule has 0 aromatic heterocycles. The zero-order chi connectivity index (χ0) is 13.0. The number of rotatable bonds is 5. The molecule has 0 heterocycles. The Bertz CT molecular complexity index is 408. The molecule has 6 heteroatoms. The molecule has 0 radical (unpaired) electrons. The molecule has 2 unspecified atom stereocenters. The van der Waals surface area contributed by atoms with Crippen molar-refractivity contribution in [3.8, 4) is 11.5 Å². The first-order valence-electron chi connectivity index (χ1n) is 5.14. The number of hydrogen-bond donors (Lipinski definition) is 5. The molecule has 0 fully saturated rings. The molecular formula is C11H16N2O4. The molecular weight excluding hydrogens is 224 g/mol. The fraction of sp³-hybridized carbons (Fsp3) is 0.364. The molecule has 0 aliphatic heterocycles. The number of phenols is 2. The number of carbonyl (C=O) groups excluding carboxylic acids is 1. The van der Waals surface area contributed by atoms with Crippen LogP contribution < -0.4 is 11.1 Å². The second-order valence-electron chi connectivity index (χ2n) is 3.79. The van der Waals surface area contributed by atoms with Crippen molar-refractivity contribution in [2.45, 2.75) is 19.1 Å². The molecule has 6 N–H and O–H groups in total. The Morgan fingerprint density at radius 3 is 2.71 bits per heavy atom. The van der Waals surface area contributed by atoms with Gasteiger partial charge >= 0.3 is 0 Å². The number of carbonyl (C=O) groups is 1. The Balaban J connectivity index is 2.66. The number of primary amides is 1. The zero-order valence-electron chi connectivity index (χ0n) is 9.42. The number of aromatic hydroxyl groups is 2. The lowest BCUT2D eigenvalue weighted by Gasteiger charge is -2.17. The number of aliphatic hydroxyl groups is 1. The number of amides is 1. The fourth-order valence-corrected chi connectivity index (χ4v) is 1.39. The van der Waals surface area contributed by atoms with Crippen LogP contribution in [-0.2, 0) is 4.79 Å². The maximum absolute atomic E-state index is 10.6. The summed E-state index contributed by atoms with van der Waals surface area (Å²) in [4.78, 5) is 10.6. The molecule has 0 bridgehead atoms. The van der Waals surface area contributed by atoms with Crippen LogP contribution in [0.5, 0.6) is 11.5 Å². The van der Waals surface area contributed by atoms with Gasteiger partial charge in [0.25, 0.3) is 0 Å². The third kappa shape index (κ3) is 3.61. The number of nitrogens with two attached hydrogens (primary N) is 1. The highest BCUT2D eigenvalue weighted by atomic mass is 16.3. The smallest absolute Gasteiger partial charge is 0.247 e. The molecule has 6 nitrogen and oxygen atoms in total. The molecule has 1 aromatic carbocycles. The van der Waals surface area contributed by atoms with Gasteiger partial charge in [-0.2, -0.15) is 0 Å². The van der Waals surface area contributed by atoms with Gasteiger partial charge in [-0.05, 0) is 25.1 Å². The van der Waals surface area contributed by atoms with Crippen molar-refractivity contribution in [2.75, 3.05) is 6.54 Å². The standard InChI is InChI=1S/C11H16N2O4/c1-6(13-5-10(16)11(12)17)8-4-7(14)2-3-9(8)15/h2-4,6,10,13-16H,5H2,1H3,(H2,12,17). The molecule has 0 saturated carbocycles. The molecule has 0 saturated heterocycles. The van der Waals surface area contributed by atoms with Gasteiger partial charge in [-0.25, -0.2) is 0 Å². The number of nitrogens with one attached hydrogen (secondary N) is 1. The molecule has 1 aromatic rings. The van der Waals surface area contributed by atoms with Crippen LogP contribution in [0.25, 0.3) is 0 Å². The van der Waals surface area contributed by atoms with Crippen molar-refractivity contribution in [1.29, 1.82) is 0 Å². The molecule has 2 atom stereocenters. The first kappa shape index (κ1) is 13.3. The summed E-state index contributed by atoms with van der Waals surface area (Å²) < 4.78 is 0. The molecule has 0 aliphatic rings. The average molecular weight is 240 g/mol. The maximum Gasteiger partial charge on any atom is 0.247 e. The van der Waals surface area contributed by atoms with Gasteiger partial charge in [0.2, 0.25) is 5.91 Å². The summed E-state index contributed by atoms with van der Waals surface area (Å²) in [6, 6.07) is 3.80. The van der Waals surface area contributed by atoms with Gasteiger partial charge in [-0.3, -0.25) is 4.79 Å². The minimum Gasteiger partial charge on any atom is -0.508 e. The average Bonchev–Trinajstić information content (AvgIpc) is 2.28. The van der Waals surface area contributed by atoms with E-state index < -0.39 is 12.0 Å². The fourth-order valence-electron chi connectivity index (χ4n) is 1.39. The van der Waals surface area contributed by atoms with E-state index in [9.17, 15) is 20.1 Å². The predicted molar refractivity (Wildman–Crippen MR) is 61.4 cm³/mol. The summed E-state index contributed by atoms with van der Waals surface area (Å²) in [6.07, 6.45) is -1.28. The predicted octanol–water partition coefficient (Wildman–Crippen LogP) is -0.405. The van der Waals surface area contributed by atoms with Gasteiger partial charge in [-0.15, -0.1) is 0 Å². The third-order valence-corrected chi connectivity index (χ3v) is 2.42. The van der Waals surface area contributed by atoms with Crippen molar-refractivity contribution in [3.63, 3.8) is 0 Å². The lowest BCUT2D eigenvalue weighted by Crippen LogP contribution is -2.38. The number of hydrogen-bond acceptors (Lipinski definition) is 5. The SMILES string of the molecule is CC(NCC(O)C(N)=O)c1cc(O)ccc1O. The van der Waals surface area contributed by atoms with E-state index in [1.54, 1.807) is 6.92 Å². The lowest BCUT2D eigenvalue weighted by atomic mass is 10.1. The van der Waals surface area contributed by atoms with E-state index >= 15 is 0 Å². The van der Waals surface area contributed by atoms with Crippen molar-refractivity contribution < 1.29 is 20.1 Å². The van der Waals surface area contributed by atoms with Crippen molar-refractivity contribution in [1.82, 2.24) is 5.32 Å². The lowest BCUT2D eigenvalue weighted by molar-refractivity contribution is -0.125. The summed E-state index contributed by atoms with van der Waals surface area (Å²) in [5, 5.41) is 30.9. The second-order valence-corrected chi connectivity index (χ2v) is 3.79. The van der Waals surface area contributed by atoms with Gasteiger partial charge in [0.1, 0.15) is 17.6 Å². The third-order valence-electron chi connectivity index (χ3n) is 2.42. The van der Waals surface area contributed by atoms with Crippen LogP contribution in [0.1, 0.15) is 18.5 Å². The van der Waals surface area contributed by atoms with Crippen molar-refractivity contribution >= 4 is 5.91 Å². The quantitative estimate of drug-likeness (QED) is 0.449. The van der Waals surface area contributed by atoms with E-state index in [0.717, 1.165) is 0 Å². The zero-order valence-corrected chi connectivity index (χ0v) is 9.42. The van der Waals surface area contributed by atoms with Crippen molar-refractivity contribution in [3.05, 3.63) is 23.8 Å². The Kier molecular flexibility index (Phi) is 4.30.